The van der Waals surface area contributed by atoms with Crippen molar-refractivity contribution in [3.63, 3.8) is 0 Å². The van der Waals surface area contributed by atoms with Gasteiger partial charge in [0.15, 0.2) is 5.96 Å². The lowest BCUT2D eigenvalue weighted by atomic mass is 10.1. The number of hydrogen-bond donors (Lipinski definition) is 2. The van der Waals surface area contributed by atoms with Gasteiger partial charge in [0.25, 0.3) is 0 Å². The number of ether oxygens (including phenoxy) is 2. The summed E-state index contributed by atoms with van der Waals surface area (Å²) >= 11 is 1.77. The van der Waals surface area contributed by atoms with Gasteiger partial charge < -0.3 is 20.1 Å². The number of aromatic nitrogens is 1. The molecular formula is C22H33IN4O2S. The predicted octanol–water partition coefficient (Wildman–Crippen LogP) is 3.98. The molecule has 166 valence electrons. The van der Waals surface area contributed by atoms with E-state index in [1.54, 1.807) is 18.4 Å². The number of aryl methyl sites for hydroxylation is 2. The quantitative estimate of drug-likeness (QED) is 0.299. The van der Waals surface area contributed by atoms with Crippen LogP contribution in [-0.2, 0) is 29.0 Å². The molecule has 6 nitrogen and oxygen atoms in total. The first-order chi connectivity index (χ1) is 14.1. The van der Waals surface area contributed by atoms with Gasteiger partial charge in [0, 0.05) is 44.6 Å². The highest BCUT2D eigenvalue weighted by molar-refractivity contribution is 14.0. The van der Waals surface area contributed by atoms with Gasteiger partial charge in [-0.1, -0.05) is 24.3 Å². The molecule has 3 rings (SSSR count). The maximum Gasteiger partial charge on any atom is 0.191 e. The van der Waals surface area contributed by atoms with E-state index in [1.165, 1.54) is 21.0 Å². The predicted molar refractivity (Wildman–Crippen MR) is 134 cm³/mol. The SMILES string of the molecule is CN=C(NCCc1nc(C)c(C)s1)NCc1ccc(COC2CCOCC2)cc1.I. The fourth-order valence-corrected chi connectivity index (χ4v) is 4.08. The summed E-state index contributed by atoms with van der Waals surface area (Å²) in [5.41, 5.74) is 3.56. The molecule has 2 N–H and O–H groups in total. The molecule has 2 aromatic rings. The summed E-state index contributed by atoms with van der Waals surface area (Å²) in [6, 6.07) is 8.56. The zero-order valence-electron chi connectivity index (χ0n) is 18.1. The van der Waals surface area contributed by atoms with Crippen molar-refractivity contribution in [1.82, 2.24) is 15.6 Å². The largest absolute Gasteiger partial charge is 0.381 e. The number of benzene rings is 1. The Balaban J connectivity index is 0.00000320. The highest BCUT2D eigenvalue weighted by Gasteiger charge is 2.13. The van der Waals surface area contributed by atoms with Gasteiger partial charge in [0.05, 0.1) is 23.4 Å². The lowest BCUT2D eigenvalue weighted by molar-refractivity contribution is -0.0390. The summed E-state index contributed by atoms with van der Waals surface area (Å²) < 4.78 is 11.4. The number of rotatable bonds is 8. The van der Waals surface area contributed by atoms with Gasteiger partial charge in [-0.3, -0.25) is 4.99 Å². The van der Waals surface area contributed by atoms with E-state index in [4.69, 9.17) is 9.47 Å². The van der Waals surface area contributed by atoms with Gasteiger partial charge >= 0.3 is 0 Å². The minimum atomic E-state index is 0. The topological polar surface area (TPSA) is 67.8 Å². The molecule has 1 aromatic carbocycles. The summed E-state index contributed by atoms with van der Waals surface area (Å²) in [5, 5.41) is 7.90. The molecule has 0 spiro atoms. The van der Waals surface area contributed by atoms with Crippen LogP contribution < -0.4 is 10.6 Å². The average Bonchev–Trinajstić information content (AvgIpc) is 3.07. The van der Waals surface area contributed by atoms with Crippen molar-refractivity contribution in [2.45, 2.75) is 52.4 Å². The number of aliphatic imine (C=N–C) groups is 1. The second-order valence-corrected chi connectivity index (χ2v) is 8.58. The van der Waals surface area contributed by atoms with Crippen LogP contribution in [0, 0.1) is 13.8 Å². The zero-order chi connectivity index (χ0) is 20.5. The minimum absolute atomic E-state index is 0. The van der Waals surface area contributed by atoms with Crippen LogP contribution in [0.15, 0.2) is 29.3 Å². The van der Waals surface area contributed by atoms with E-state index in [1.807, 2.05) is 0 Å². The number of thiazole rings is 1. The maximum atomic E-state index is 5.99. The Labute approximate surface area is 200 Å². The maximum absolute atomic E-state index is 5.99. The van der Waals surface area contributed by atoms with E-state index in [9.17, 15) is 0 Å². The molecule has 1 saturated heterocycles. The van der Waals surface area contributed by atoms with Crippen molar-refractivity contribution < 1.29 is 9.47 Å². The molecule has 0 unspecified atom stereocenters. The Morgan fingerprint density at radius 2 is 1.87 bits per heavy atom. The lowest BCUT2D eigenvalue weighted by Crippen LogP contribution is -2.37. The fraction of sp³-hybridized carbons (Fsp3) is 0.545. The van der Waals surface area contributed by atoms with Crippen LogP contribution in [0.5, 0.6) is 0 Å². The standard InChI is InChI=1S/C22H32N4O2S.HI/c1-16-17(2)29-21(26-16)8-11-24-22(23-3)25-14-18-4-6-19(7-5-18)15-28-20-9-12-27-13-10-20;/h4-7,20H,8-15H2,1-3H3,(H2,23,24,25);1H. The van der Waals surface area contributed by atoms with Crippen LogP contribution >= 0.6 is 35.3 Å². The summed E-state index contributed by atoms with van der Waals surface area (Å²) in [5.74, 6) is 0.807. The highest BCUT2D eigenvalue weighted by atomic mass is 127. The molecule has 30 heavy (non-hydrogen) atoms. The third kappa shape index (κ3) is 8.13. The van der Waals surface area contributed by atoms with Gasteiger partial charge in [0.1, 0.15) is 0 Å². The Morgan fingerprint density at radius 1 is 1.17 bits per heavy atom. The van der Waals surface area contributed by atoms with E-state index < -0.39 is 0 Å². The molecule has 1 aromatic heterocycles. The van der Waals surface area contributed by atoms with Crippen LogP contribution in [0.1, 0.15) is 39.5 Å². The molecular weight excluding hydrogens is 511 g/mol. The first-order valence-corrected chi connectivity index (χ1v) is 11.1. The molecule has 2 heterocycles. The molecule has 0 saturated carbocycles. The third-order valence-electron chi connectivity index (χ3n) is 5.06. The normalized spacial score (nSPS) is 15.0. The zero-order valence-corrected chi connectivity index (χ0v) is 21.2. The second-order valence-electron chi connectivity index (χ2n) is 7.29. The minimum Gasteiger partial charge on any atom is -0.381 e. The number of nitrogens with one attached hydrogen (secondary N) is 2. The summed E-state index contributed by atoms with van der Waals surface area (Å²) in [6.45, 7) is 8.02. The number of hydrogen-bond acceptors (Lipinski definition) is 5. The molecule has 0 atom stereocenters. The third-order valence-corrected chi connectivity index (χ3v) is 6.20. The molecule has 0 aliphatic carbocycles. The van der Waals surface area contributed by atoms with Gasteiger partial charge in [-0.05, 0) is 37.8 Å². The van der Waals surface area contributed by atoms with Crippen molar-refractivity contribution in [3.05, 3.63) is 51.0 Å². The van der Waals surface area contributed by atoms with Crippen LogP contribution in [-0.4, -0.2) is 43.9 Å². The van der Waals surface area contributed by atoms with E-state index in [-0.39, 0.29) is 24.0 Å². The lowest BCUT2D eigenvalue weighted by Gasteiger charge is -2.22. The van der Waals surface area contributed by atoms with Crippen molar-refractivity contribution in [2.75, 3.05) is 26.8 Å². The van der Waals surface area contributed by atoms with Crippen molar-refractivity contribution in [1.29, 1.82) is 0 Å². The smallest absolute Gasteiger partial charge is 0.191 e. The van der Waals surface area contributed by atoms with Crippen LogP contribution in [0.4, 0.5) is 0 Å². The molecule has 0 bridgehead atoms. The fourth-order valence-electron chi connectivity index (χ4n) is 3.15. The van der Waals surface area contributed by atoms with Crippen molar-refractivity contribution in [2.24, 2.45) is 4.99 Å². The molecule has 0 radical (unpaired) electrons. The first kappa shape index (κ1) is 25.0. The Morgan fingerprint density at radius 3 is 2.50 bits per heavy atom. The Hall–Kier alpha value is -1.23. The van der Waals surface area contributed by atoms with Gasteiger partial charge in [-0.25, -0.2) is 4.98 Å². The number of halogens is 1. The van der Waals surface area contributed by atoms with E-state index in [2.05, 4.69) is 58.7 Å². The van der Waals surface area contributed by atoms with Crippen molar-refractivity contribution >= 4 is 41.3 Å². The van der Waals surface area contributed by atoms with E-state index in [0.717, 1.165) is 57.2 Å². The Bertz CT molecular complexity index is 769. The van der Waals surface area contributed by atoms with E-state index >= 15 is 0 Å². The highest BCUT2D eigenvalue weighted by Crippen LogP contribution is 2.16. The monoisotopic (exact) mass is 544 g/mol. The summed E-state index contributed by atoms with van der Waals surface area (Å²) in [4.78, 5) is 10.2. The Kier molecular flexibility index (Phi) is 11.0. The summed E-state index contributed by atoms with van der Waals surface area (Å²) in [6.07, 6.45) is 3.23. The second kappa shape index (κ2) is 13.2. The number of nitrogens with zero attached hydrogens (tertiary/aromatic N) is 2. The van der Waals surface area contributed by atoms with Crippen molar-refractivity contribution in [3.8, 4) is 0 Å². The molecule has 1 aliphatic heterocycles. The average molecular weight is 545 g/mol. The molecule has 8 heteroatoms. The van der Waals surface area contributed by atoms with Crippen LogP contribution in [0.2, 0.25) is 0 Å². The molecule has 1 fully saturated rings. The van der Waals surface area contributed by atoms with Gasteiger partial charge in [-0.15, -0.1) is 35.3 Å². The number of guanidine groups is 1. The molecule has 1 aliphatic rings. The van der Waals surface area contributed by atoms with E-state index in [0.29, 0.717) is 12.7 Å². The van der Waals surface area contributed by atoms with Crippen LogP contribution in [0.3, 0.4) is 0 Å². The van der Waals surface area contributed by atoms with Gasteiger partial charge in [0.2, 0.25) is 0 Å². The van der Waals surface area contributed by atoms with Gasteiger partial charge in [-0.2, -0.15) is 0 Å². The summed E-state index contributed by atoms with van der Waals surface area (Å²) in [7, 11) is 1.80. The molecule has 0 amide bonds. The van der Waals surface area contributed by atoms with Crippen LogP contribution in [0.25, 0.3) is 0 Å². The first-order valence-electron chi connectivity index (χ1n) is 10.3.